The molecule has 10 heteroatoms. The van der Waals surface area contributed by atoms with Gasteiger partial charge in [0, 0.05) is 22.5 Å². The van der Waals surface area contributed by atoms with Crippen molar-refractivity contribution in [3.63, 3.8) is 0 Å². The van der Waals surface area contributed by atoms with Crippen molar-refractivity contribution < 1.29 is 4.79 Å². The average Bonchev–Trinajstić information content (AvgIpc) is 3.13. The first-order valence-electron chi connectivity index (χ1n) is 9.61. The smallest absolute Gasteiger partial charge is 0.234 e. The molecular weight excluding hydrogens is 551 g/mol. The number of amides is 1. The van der Waals surface area contributed by atoms with Gasteiger partial charge in [-0.2, -0.15) is 0 Å². The topological polar surface area (TPSA) is 59.8 Å². The van der Waals surface area contributed by atoms with Crippen molar-refractivity contribution in [2.24, 2.45) is 0 Å². The van der Waals surface area contributed by atoms with Crippen LogP contribution in [0, 0.1) is 6.92 Å². The second-order valence-electron chi connectivity index (χ2n) is 6.84. The van der Waals surface area contributed by atoms with Gasteiger partial charge < -0.3 is 9.88 Å². The maximum atomic E-state index is 12.4. The molecule has 0 aliphatic heterocycles. The number of aryl methyl sites for hydroxylation is 1. The van der Waals surface area contributed by atoms with E-state index < -0.39 is 0 Å². The zero-order valence-corrected chi connectivity index (χ0v) is 22.0. The number of nitrogens with zero attached hydrogens (tertiary/aromatic N) is 3. The SMILES string of the molecule is C=CCn1c(CSCc2ccc(Cl)c(Cl)c2)nnc1SCC(=O)Nc1ccc(Br)cc1C. The maximum absolute atomic E-state index is 12.4. The Morgan fingerprint density at radius 2 is 2.00 bits per heavy atom. The first-order valence-corrected chi connectivity index (χ1v) is 13.3. The summed E-state index contributed by atoms with van der Waals surface area (Å²) in [7, 11) is 0. The molecule has 168 valence electrons. The molecule has 0 unspecified atom stereocenters. The Morgan fingerprint density at radius 1 is 1.19 bits per heavy atom. The number of anilines is 1. The van der Waals surface area contributed by atoms with Crippen LogP contribution in [0.25, 0.3) is 0 Å². The molecule has 3 rings (SSSR count). The van der Waals surface area contributed by atoms with Crippen LogP contribution in [0.4, 0.5) is 5.69 Å². The van der Waals surface area contributed by atoms with Crippen LogP contribution in [0.2, 0.25) is 10.0 Å². The second-order valence-corrected chi connectivity index (χ2v) is 10.5. The molecule has 0 radical (unpaired) electrons. The number of rotatable bonds is 10. The minimum Gasteiger partial charge on any atom is -0.325 e. The first-order chi connectivity index (χ1) is 15.4. The van der Waals surface area contributed by atoms with E-state index in [1.165, 1.54) is 11.8 Å². The van der Waals surface area contributed by atoms with Crippen molar-refractivity contribution >= 4 is 74.3 Å². The molecule has 0 saturated heterocycles. The van der Waals surface area contributed by atoms with Crippen LogP contribution in [0.15, 0.2) is 58.7 Å². The summed E-state index contributed by atoms with van der Waals surface area (Å²) < 4.78 is 2.96. The van der Waals surface area contributed by atoms with Gasteiger partial charge in [0.25, 0.3) is 0 Å². The molecule has 0 aliphatic carbocycles. The fraction of sp³-hybridized carbons (Fsp3) is 0.227. The lowest BCUT2D eigenvalue weighted by molar-refractivity contribution is -0.113. The van der Waals surface area contributed by atoms with E-state index in [9.17, 15) is 4.79 Å². The van der Waals surface area contributed by atoms with E-state index in [2.05, 4.69) is 38.0 Å². The number of hydrogen-bond acceptors (Lipinski definition) is 5. The average molecular weight is 572 g/mol. The monoisotopic (exact) mass is 570 g/mol. The summed E-state index contributed by atoms with van der Waals surface area (Å²) in [5.74, 6) is 2.42. The van der Waals surface area contributed by atoms with Crippen LogP contribution in [0.5, 0.6) is 0 Å². The van der Waals surface area contributed by atoms with Crippen LogP contribution in [0.1, 0.15) is 17.0 Å². The summed E-state index contributed by atoms with van der Waals surface area (Å²) in [5, 5.41) is 13.3. The lowest BCUT2D eigenvalue weighted by atomic mass is 10.2. The number of nitrogens with one attached hydrogen (secondary N) is 1. The molecule has 0 bridgehead atoms. The third-order valence-electron chi connectivity index (χ3n) is 4.38. The van der Waals surface area contributed by atoms with E-state index in [1.807, 2.05) is 41.8 Å². The minimum atomic E-state index is -0.0934. The quantitative estimate of drug-likeness (QED) is 0.209. The summed E-state index contributed by atoms with van der Waals surface area (Å²) in [5.41, 5.74) is 2.88. The van der Waals surface area contributed by atoms with Gasteiger partial charge in [0.1, 0.15) is 5.82 Å². The van der Waals surface area contributed by atoms with Gasteiger partial charge in [0.2, 0.25) is 5.91 Å². The number of aromatic nitrogens is 3. The van der Waals surface area contributed by atoms with Crippen molar-refractivity contribution in [1.29, 1.82) is 0 Å². The summed E-state index contributed by atoms with van der Waals surface area (Å²) in [6.07, 6.45) is 1.80. The van der Waals surface area contributed by atoms with Gasteiger partial charge in [-0.15, -0.1) is 28.5 Å². The Bertz CT molecular complexity index is 1120. The number of allylic oxidation sites excluding steroid dienone is 1. The van der Waals surface area contributed by atoms with Crippen LogP contribution in [-0.2, 0) is 22.8 Å². The molecule has 0 saturated carbocycles. The summed E-state index contributed by atoms with van der Waals surface area (Å²) in [6.45, 7) is 6.36. The number of halogens is 3. The van der Waals surface area contributed by atoms with Gasteiger partial charge in [-0.25, -0.2) is 0 Å². The van der Waals surface area contributed by atoms with E-state index in [4.69, 9.17) is 23.2 Å². The summed E-state index contributed by atoms with van der Waals surface area (Å²) in [4.78, 5) is 12.4. The van der Waals surface area contributed by atoms with E-state index in [-0.39, 0.29) is 11.7 Å². The summed E-state index contributed by atoms with van der Waals surface area (Å²) in [6, 6.07) is 11.4. The van der Waals surface area contributed by atoms with Gasteiger partial charge in [0.15, 0.2) is 5.16 Å². The predicted molar refractivity (Wildman–Crippen MR) is 140 cm³/mol. The second kappa shape index (κ2) is 12.1. The van der Waals surface area contributed by atoms with Gasteiger partial charge >= 0.3 is 0 Å². The van der Waals surface area contributed by atoms with E-state index in [0.717, 1.165) is 32.9 Å². The lowest BCUT2D eigenvalue weighted by Gasteiger charge is -2.10. The van der Waals surface area contributed by atoms with Gasteiger partial charge in [-0.05, 0) is 48.4 Å². The fourth-order valence-electron chi connectivity index (χ4n) is 2.82. The van der Waals surface area contributed by atoms with Crippen LogP contribution in [-0.4, -0.2) is 26.4 Å². The molecule has 1 heterocycles. The van der Waals surface area contributed by atoms with E-state index in [0.29, 0.717) is 27.5 Å². The van der Waals surface area contributed by atoms with Crippen molar-refractivity contribution in [3.8, 4) is 0 Å². The predicted octanol–water partition coefficient (Wildman–Crippen LogP) is 7.01. The Kier molecular flexibility index (Phi) is 9.55. The largest absolute Gasteiger partial charge is 0.325 e. The minimum absolute atomic E-state index is 0.0934. The molecule has 0 fully saturated rings. The van der Waals surface area contributed by atoms with Crippen LogP contribution >= 0.6 is 62.7 Å². The zero-order chi connectivity index (χ0) is 23.1. The number of benzene rings is 2. The van der Waals surface area contributed by atoms with Crippen molar-refractivity contribution in [1.82, 2.24) is 14.8 Å². The number of carbonyl (C=O) groups is 1. The molecule has 2 aromatic carbocycles. The fourth-order valence-corrected chi connectivity index (χ4v) is 5.29. The van der Waals surface area contributed by atoms with Gasteiger partial charge in [-0.1, -0.05) is 63.0 Å². The Morgan fingerprint density at radius 3 is 2.72 bits per heavy atom. The molecule has 1 aromatic heterocycles. The molecule has 3 aromatic rings. The Balaban J connectivity index is 1.58. The van der Waals surface area contributed by atoms with Crippen LogP contribution < -0.4 is 5.32 Å². The number of carbonyl (C=O) groups excluding carboxylic acids is 1. The van der Waals surface area contributed by atoms with Gasteiger partial charge in [-0.3, -0.25) is 4.79 Å². The molecule has 0 spiro atoms. The van der Waals surface area contributed by atoms with Crippen molar-refractivity contribution in [2.45, 2.75) is 30.1 Å². The highest BCUT2D eigenvalue weighted by atomic mass is 79.9. The number of thioether (sulfide) groups is 2. The molecule has 1 N–H and O–H groups in total. The normalized spacial score (nSPS) is 10.9. The first kappa shape index (κ1) is 25.2. The molecule has 32 heavy (non-hydrogen) atoms. The molecule has 0 aliphatic rings. The maximum Gasteiger partial charge on any atom is 0.234 e. The van der Waals surface area contributed by atoms with Gasteiger partial charge in [0.05, 0.1) is 21.6 Å². The third kappa shape index (κ3) is 7.02. The Labute approximate surface area is 214 Å². The number of hydrogen-bond donors (Lipinski definition) is 1. The highest BCUT2D eigenvalue weighted by Gasteiger charge is 2.14. The molecule has 5 nitrogen and oxygen atoms in total. The summed E-state index contributed by atoms with van der Waals surface area (Å²) >= 11 is 18.6. The van der Waals surface area contributed by atoms with Crippen LogP contribution in [0.3, 0.4) is 0 Å². The van der Waals surface area contributed by atoms with Crippen molar-refractivity contribution in [2.75, 3.05) is 11.1 Å². The van der Waals surface area contributed by atoms with Crippen molar-refractivity contribution in [3.05, 3.63) is 80.5 Å². The highest BCUT2D eigenvalue weighted by molar-refractivity contribution is 9.10. The third-order valence-corrected chi connectivity index (χ3v) is 7.58. The van der Waals surface area contributed by atoms with E-state index in [1.54, 1.807) is 23.9 Å². The molecular formula is C22H21BrCl2N4OS2. The highest BCUT2D eigenvalue weighted by Crippen LogP contribution is 2.27. The van der Waals surface area contributed by atoms with E-state index >= 15 is 0 Å². The standard InChI is InChI=1S/C22H21BrCl2N4OS2/c1-3-8-29-20(12-31-11-15-4-6-17(24)18(25)10-15)27-28-22(29)32-13-21(30)26-19-7-5-16(23)9-14(19)2/h3-7,9-10H,1,8,11-13H2,2H3,(H,26,30). The Hall–Kier alpha value is -1.45. The lowest BCUT2D eigenvalue weighted by Crippen LogP contribution is -2.15. The zero-order valence-electron chi connectivity index (χ0n) is 17.3. The molecule has 1 amide bonds. The molecule has 0 atom stereocenters.